The van der Waals surface area contributed by atoms with E-state index in [1.54, 1.807) is 0 Å². The highest BCUT2D eigenvalue weighted by Gasteiger charge is 2.08. The standard InChI is InChI=1S/C7H14N4/c1-4-11-7(9-3)6(8)5(2)10-11/h9H,4,8H2,1-3H3. The molecule has 4 heteroatoms. The number of aryl methyl sites for hydroxylation is 2. The molecule has 0 saturated heterocycles. The molecular weight excluding hydrogens is 140 g/mol. The maximum absolute atomic E-state index is 5.74. The van der Waals surface area contributed by atoms with E-state index in [0.29, 0.717) is 0 Å². The lowest BCUT2D eigenvalue weighted by Crippen LogP contribution is -2.03. The van der Waals surface area contributed by atoms with Crippen molar-refractivity contribution < 1.29 is 0 Å². The number of hydrogen-bond acceptors (Lipinski definition) is 3. The molecule has 1 aromatic heterocycles. The number of aromatic nitrogens is 2. The van der Waals surface area contributed by atoms with Crippen molar-refractivity contribution in [3.05, 3.63) is 5.69 Å². The molecule has 0 unspecified atom stereocenters. The zero-order valence-corrected chi connectivity index (χ0v) is 7.18. The van der Waals surface area contributed by atoms with Crippen LogP contribution in [0.1, 0.15) is 12.6 Å². The predicted molar refractivity (Wildman–Crippen MR) is 46.6 cm³/mol. The predicted octanol–water partition coefficient (Wildman–Crippen LogP) is 0.835. The van der Waals surface area contributed by atoms with Gasteiger partial charge in [-0.2, -0.15) is 5.10 Å². The van der Waals surface area contributed by atoms with Crippen LogP contribution < -0.4 is 11.1 Å². The number of nitrogens with two attached hydrogens (primary N) is 1. The maximum Gasteiger partial charge on any atom is 0.147 e. The summed E-state index contributed by atoms with van der Waals surface area (Å²) < 4.78 is 1.85. The van der Waals surface area contributed by atoms with Crippen molar-refractivity contribution in [3.63, 3.8) is 0 Å². The summed E-state index contributed by atoms with van der Waals surface area (Å²) >= 11 is 0. The van der Waals surface area contributed by atoms with Crippen molar-refractivity contribution in [2.75, 3.05) is 18.1 Å². The molecule has 4 nitrogen and oxygen atoms in total. The summed E-state index contributed by atoms with van der Waals surface area (Å²) in [5.41, 5.74) is 7.37. The van der Waals surface area contributed by atoms with Crippen LogP contribution >= 0.6 is 0 Å². The Hall–Kier alpha value is -1.19. The van der Waals surface area contributed by atoms with E-state index in [2.05, 4.69) is 10.4 Å². The molecule has 0 saturated carbocycles. The zero-order chi connectivity index (χ0) is 8.43. The minimum atomic E-state index is 0.745. The van der Waals surface area contributed by atoms with Gasteiger partial charge in [-0.25, -0.2) is 4.68 Å². The van der Waals surface area contributed by atoms with E-state index >= 15 is 0 Å². The average molecular weight is 154 g/mol. The van der Waals surface area contributed by atoms with Gasteiger partial charge < -0.3 is 11.1 Å². The first-order valence-electron chi connectivity index (χ1n) is 3.71. The van der Waals surface area contributed by atoms with Crippen LogP contribution in [0.2, 0.25) is 0 Å². The van der Waals surface area contributed by atoms with Crippen LogP contribution in [0.4, 0.5) is 11.5 Å². The van der Waals surface area contributed by atoms with Gasteiger partial charge in [0.15, 0.2) is 0 Å². The molecule has 0 spiro atoms. The van der Waals surface area contributed by atoms with Gasteiger partial charge in [0, 0.05) is 13.6 Å². The fourth-order valence-corrected chi connectivity index (χ4v) is 1.09. The summed E-state index contributed by atoms with van der Waals surface area (Å²) in [7, 11) is 1.85. The topological polar surface area (TPSA) is 55.9 Å². The van der Waals surface area contributed by atoms with Crippen LogP contribution in [-0.2, 0) is 6.54 Å². The Kier molecular flexibility index (Phi) is 2.03. The van der Waals surface area contributed by atoms with Gasteiger partial charge in [-0.3, -0.25) is 0 Å². The first kappa shape index (κ1) is 7.91. The summed E-state index contributed by atoms with van der Waals surface area (Å²) in [6.45, 7) is 4.78. The fourth-order valence-electron chi connectivity index (χ4n) is 1.09. The number of hydrogen-bond donors (Lipinski definition) is 2. The summed E-state index contributed by atoms with van der Waals surface area (Å²) in [6.07, 6.45) is 0. The Balaban J connectivity index is 3.15. The minimum absolute atomic E-state index is 0.745. The van der Waals surface area contributed by atoms with E-state index in [4.69, 9.17) is 5.73 Å². The lowest BCUT2D eigenvalue weighted by atomic mass is 10.4. The van der Waals surface area contributed by atoms with Crippen LogP contribution in [0.15, 0.2) is 0 Å². The van der Waals surface area contributed by atoms with Gasteiger partial charge in [0.1, 0.15) is 5.82 Å². The SMILES string of the molecule is CCn1nc(C)c(N)c1NC. The van der Waals surface area contributed by atoms with E-state index in [1.165, 1.54) is 0 Å². The second-order valence-electron chi connectivity index (χ2n) is 2.41. The third-order valence-corrected chi connectivity index (χ3v) is 1.71. The van der Waals surface area contributed by atoms with Crippen LogP contribution in [0, 0.1) is 6.92 Å². The summed E-state index contributed by atoms with van der Waals surface area (Å²) in [5, 5.41) is 7.24. The van der Waals surface area contributed by atoms with Gasteiger partial charge in [-0.05, 0) is 13.8 Å². The van der Waals surface area contributed by atoms with Crippen molar-refractivity contribution in [2.24, 2.45) is 0 Å². The van der Waals surface area contributed by atoms with Gasteiger partial charge in [0.2, 0.25) is 0 Å². The number of nitrogens with one attached hydrogen (secondary N) is 1. The molecule has 1 aromatic rings. The molecule has 62 valence electrons. The molecule has 0 aliphatic rings. The monoisotopic (exact) mass is 154 g/mol. The van der Waals surface area contributed by atoms with Crippen LogP contribution in [0.5, 0.6) is 0 Å². The van der Waals surface area contributed by atoms with Crippen molar-refractivity contribution >= 4 is 11.5 Å². The Morgan fingerprint density at radius 2 is 2.27 bits per heavy atom. The summed E-state index contributed by atoms with van der Waals surface area (Å²) in [6, 6.07) is 0. The van der Waals surface area contributed by atoms with E-state index in [9.17, 15) is 0 Å². The first-order valence-corrected chi connectivity index (χ1v) is 3.71. The van der Waals surface area contributed by atoms with Gasteiger partial charge in [0.25, 0.3) is 0 Å². The molecule has 0 aliphatic carbocycles. The number of anilines is 2. The molecule has 0 bridgehead atoms. The van der Waals surface area contributed by atoms with Crippen molar-refractivity contribution in [3.8, 4) is 0 Å². The van der Waals surface area contributed by atoms with Crippen molar-refractivity contribution in [1.82, 2.24) is 9.78 Å². The van der Waals surface area contributed by atoms with Crippen molar-refractivity contribution in [1.29, 1.82) is 0 Å². The van der Waals surface area contributed by atoms with Crippen molar-refractivity contribution in [2.45, 2.75) is 20.4 Å². The van der Waals surface area contributed by atoms with Gasteiger partial charge in [0.05, 0.1) is 11.4 Å². The van der Waals surface area contributed by atoms with E-state index in [0.717, 1.165) is 23.7 Å². The second-order valence-corrected chi connectivity index (χ2v) is 2.41. The zero-order valence-electron chi connectivity index (χ0n) is 7.18. The largest absolute Gasteiger partial charge is 0.394 e. The molecule has 0 amide bonds. The molecule has 0 atom stereocenters. The smallest absolute Gasteiger partial charge is 0.147 e. The number of rotatable bonds is 2. The molecule has 11 heavy (non-hydrogen) atoms. The highest BCUT2D eigenvalue weighted by atomic mass is 15.3. The van der Waals surface area contributed by atoms with E-state index in [-0.39, 0.29) is 0 Å². The molecule has 0 aromatic carbocycles. The molecule has 0 aliphatic heterocycles. The van der Waals surface area contributed by atoms with Gasteiger partial charge >= 0.3 is 0 Å². The van der Waals surface area contributed by atoms with Gasteiger partial charge in [-0.15, -0.1) is 0 Å². The van der Waals surface area contributed by atoms with Crippen LogP contribution in [0.3, 0.4) is 0 Å². The Bertz CT molecular complexity index is 251. The van der Waals surface area contributed by atoms with Crippen LogP contribution in [0.25, 0.3) is 0 Å². The number of nitrogens with zero attached hydrogens (tertiary/aromatic N) is 2. The highest BCUT2D eigenvalue weighted by Crippen LogP contribution is 2.20. The molecule has 3 N–H and O–H groups in total. The fraction of sp³-hybridized carbons (Fsp3) is 0.571. The quantitative estimate of drug-likeness (QED) is 0.663. The van der Waals surface area contributed by atoms with E-state index in [1.807, 2.05) is 25.6 Å². The number of nitrogen functional groups attached to an aromatic ring is 1. The molecule has 0 fully saturated rings. The summed E-state index contributed by atoms with van der Waals surface area (Å²) in [4.78, 5) is 0. The lowest BCUT2D eigenvalue weighted by Gasteiger charge is -2.02. The molecule has 1 rings (SSSR count). The van der Waals surface area contributed by atoms with E-state index < -0.39 is 0 Å². The minimum Gasteiger partial charge on any atom is -0.394 e. The third kappa shape index (κ3) is 1.15. The molecule has 1 heterocycles. The average Bonchev–Trinajstić information content (AvgIpc) is 2.28. The normalized spacial score (nSPS) is 10.1. The third-order valence-electron chi connectivity index (χ3n) is 1.71. The lowest BCUT2D eigenvalue weighted by molar-refractivity contribution is 0.660. The second kappa shape index (κ2) is 2.82. The maximum atomic E-state index is 5.74. The van der Waals surface area contributed by atoms with Crippen LogP contribution in [-0.4, -0.2) is 16.8 Å². The molecule has 0 radical (unpaired) electrons. The first-order chi connectivity index (χ1) is 5.20. The van der Waals surface area contributed by atoms with Gasteiger partial charge in [-0.1, -0.05) is 0 Å². The Labute approximate surface area is 66.4 Å². The highest BCUT2D eigenvalue weighted by molar-refractivity contribution is 5.64. The Morgan fingerprint density at radius 1 is 1.64 bits per heavy atom. The Morgan fingerprint density at radius 3 is 2.64 bits per heavy atom. The summed E-state index contributed by atoms with van der Waals surface area (Å²) in [5.74, 6) is 0.907. The molecular formula is C7H14N4.